The average molecular weight is 243 g/mol. The number of ether oxygens (including phenoxy) is 1. The molecular weight excluding hydrogens is 226 g/mol. The molecule has 1 aromatic heterocycles. The maximum atomic E-state index is 6.35. The third-order valence-electron chi connectivity index (χ3n) is 3.53. The summed E-state index contributed by atoms with van der Waals surface area (Å²) in [5.74, 6) is 1.84. The number of benzene rings is 1. The Morgan fingerprint density at radius 2 is 2.11 bits per heavy atom. The molecule has 0 saturated heterocycles. The molecule has 18 heavy (non-hydrogen) atoms. The van der Waals surface area contributed by atoms with Gasteiger partial charge in [0.25, 0.3) is 0 Å². The van der Waals surface area contributed by atoms with Gasteiger partial charge in [-0.15, -0.1) is 0 Å². The average Bonchev–Trinajstić information content (AvgIpc) is 2.83. The molecule has 1 aromatic carbocycles. The lowest BCUT2D eigenvalue weighted by atomic mass is 9.94. The number of furan rings is 1. The van der Waals surface area contributed by atoms with Gasteiger partial charge in [-0.25, -0.2) is 0 Å². The quantitative estimate of drug-likeness (QED) is 0.882. The molecule has 3 rings (SSSR count). The predicted octanol–water partition coefficient (Wildman–Crippen LogP) is 2.96. The van der Waals surface area contributed by atoms with Crippen molar-refractivity contribution in [3.05, 3.63) is 53.0 Å². The van der Waals surface area contributed by atoms with Crippen LogP contribution in [0.2, 0.25) is 0 Å². The van der Waals surface area contributed by atoms with Crippen LogP contribution < -0.4 is 10.5 Å². The number of hydrogen-bond acceptors (Lipinski definition) is 3. The highest BCUT2D eigenvalue weighted by molar-refractivity contribution is 5.47. The fraction of sp³-hybridized carbons (Fsp3) is 0.333. The van der Waals surface area contributed by atoms with Gasteiger partial charge in [0.05, 0.1) is 18.9 Å². The topological polar surface area (TPSA) is 48.4 Å². The van der Waals surface area contributed by atoms with E-state index in [1.807, 2.05) is 19.1 Å². The minimum Gasteiger partial charge on any atom is -0.493 e. The second kappa shape index (κ2) is 4.50. The van der Waals surface area contributed by atoms with Crippen LogP contribution in [0.5, 0.6) is 5.75 Å². The van der Waals surface area contributed by atoms with E-state index in [2.05, 4.69) is 12.1 Å². The Morgan fingerprint density at radius 3 is 2.89 bits per heavy atom. The molecule has 3 nitrogen and oxygen atoms in total. The Bertz CT molecular complexity index is 559. The fourth-order valence-electron chi connectivity index (χ4n) is 2.54. The van der Waals surface area contributed by atoms with Gasteiger partial charge in [0, 0.05) is 11.1 Å². The Morgan fingerprint density at radius 1 is 1.22 bits per heavy atom. The van der Waals surface area contributed by atoms with Crippen LogP contribution >= 0.6 is 0 Å². The Hall–Kier alpha value is -1.74. The summed E-state index contributed by atoms with van der Waals surface area (Å²) in [6.45, 7) is 2.71. The first-order valence-corrected chi connectivity index (χ1v) is 6.31. The molecule has 1 atom stereocenters. The van der Waals surface area contributed by atoms with Crippen LogP contribution in [0.15, 0.2) is 34.9 Å². The SMILES string of the molecule is Cc1occc1C(N)c1cccc2c1OCCC2. The lowest BCUT2D eigenvalue weighted by Gasteiger charge is -2.23. The molecule has 0 fully saturated rings. The normalized spacial score (nSPS) is 15.9. The minimum atomic E-state index is -0.184. The van der Waals surface area contributed by atoms with Crippen LogP contribution in [-0.4, -0.2) is 6.61 Å². The monoisotopic (exact) mass is 243 g/mol. The van der Waals surface area contributed by atoms with Gasteiger partial charge in [-0.3, -0.25) is 0 Å². The van der Waals surface area contributed by atoms with Crippen molar-refractivity contribution in [3.8, 4) is 5.75 Å². The third kappa shape index (κ3) is 1.81. The number of para-hydroxylation sites is 1. The fourth-order valence-corrected chi connectivity index (χ4v) is 2.54. The minimum absolute atomic E-state index is 0.184. The summed E-state index contributed by atoms with van der Waals surface area (Å²) in [7, 11) is 0. The molecule has 2 aromatic rings. The molecule has 2 heterocycles. The number of hydrogen-bond donors (Lipinski definition) is 1. The van der Waals surface area contributed by atoms with E-state index < -0.39 is 0 Å². The van der Waals surface area contributed by atoms with Crippen molar-refractivity contribution in [2.24, 2.45) is 5.73 Å². The molecule has 1 aliphatic heterocycles. The van der Waals surface area contributed by atoms with Crippen LogP contribution in [0.25, 0.3) is 0 Å². The molecule has 0 spiro atoms. The van der Waals surface area contributed by atoms with Crippen LogP contribution in [0.3, 0.4) is 0 Å². The number of nitrogens with two attached hydrogens (primary N) is 1. The molecule has 0 radical (unpaired) electrons. The summed E-state index contributed by atoms with van der Waals surface area (Å²) in [4.78, 5) is 0. The molecule has 0 saturated carbocycles. The summed E-state index contributed by atoms with van der Waals surface area (Å²) in [6, 6.07) is 7.96. The molecule has 0 bridgehead atoms. The van der Waals surface area contributed by atoms with Gasteiger partial charge in [0.1, 0.15) is 11.5 Å². The van der Waals surface area contributed by atoms with E-state index in [1.54, 1.807) is 6.26 Å². The van der Waals surface area contributed by atoms with Crippen molar-refractivity contribution >= 4 is 0 Å². The van der Waals surface area contributed by atoms with E-state index in [0.717, 1.165) is 42.1 Å². The third-order valence-corrected chi connectivity index (χ3v) is 3.53. The maximum Gasteiger partial charge on any atom is 0.127 e. The molecule has 0 amide bonds. The van der Waals surface area contributed by atoms with Crippen molar-refractivity contribution in [1.29, 1.82) is 0 Å². The number of rotatable bonds is 2. The Balaban J connectivity index is 2.04. The first-order valence-electron chi connectivity index (χ1n) is 6.31. The van der Waals surface area contributed by atoms with Crippen molar-refractivity contribution in [1.82, 2.24) is 0 Å². The second-order valence-electron chi connectivity index (χ2n) is 4.70. The standard InChI is InChI=1S/C15H17NO2/c1-10-12(7-9-17-10)14(16)13-6-2-4-11-5-3-8-18-15(11)13/h2,4,6-7,9,14H,3,5,8,16H2,1H3. The first-order chi connectivity index (χ1) is 8.77. The van der Waals surface area contributed by atoms with Crippen molar-refractivity contribution in [2.75, 3.05) is 6.61 Å². The van der Waals surface area contributed by atoms with E-state index >= 15 is 0 Å². The van der Waals surface area contributed by atoms with Crippen LogP contribution in [0, 0.1) is 6.92 Å². The zero-order valence-corrected chi connectivity index (χ0v) is 10.5. The van der Waals surface area contributed by atoms with E-state index in [0.29, 0.717) is 0 Å². The first kappa shape index (κ1) is 11.4. The van der Waals surface area contributed by atoms with Gasteiger partial charge < -0.3 is 14.9 Å². The molecule has 3 heteroatoms. The number of fused-ring (bicyclic) bond motifs is 1. The zero-order valence-electron chi connectivity index (χ0n) is 10.5. The zero-order chi connectivity index (χ0) is 12.5. The highest BCUT2D eigenvalue weighted by Crippen LogP contribution is 2.35. The second-order valence-corrected chi connectivity index (χ2v) is 4.70. The molecule has 2 N–H and O–H groups in total. The predicted molar refractivity (Wildman–Crippen MR) is 69.7 cm³/mol. The summed E-state index contributed by atoms with van der Waals surface area (Å²) in [5, 5.41) is 0. The van der Waals surface area contributed by atoms with Gasteiger partial charge in [0.15, 0.2) is 0 Å². The van der Waals surface area contributed by atoms with Gasteiger partial charge in [-0.1, -0.05) is 18.2 Å². The molecule has 1 aliphatic rings. The van der Waals surface area contributed by atoms with E-state index in [4.69, 9.17) is 14.9 Å². The summed E-state index contributed by atoms with van der Waals surface area (Å²) in [6.07, 6.45) is 3.83. The van der Waals surface area contributed by atoms with Crippen LogP contribution in [-0.2, 0) is 6.42 Å². The highest BCUT2D eigenvalue weighted by Gasteiger charge is 2.21. The molecule has 1 unspecified atom stereocenters. The van der Waals surface area contributed by atoms with Crippen molar-refractivity contribution < 1.29 is 9.15 Å². The van der Waals surface area contributed by atoms with E-state index in [9.17, 15) is 0 Å². The van der Waals surface area contributed by atoms with Gasteiger partial charge in [0.2, 0.25) is 0 Å². The Kier molecular flexibility index (Phi) is 2.84. The van der Waals surface area contributed by atoms with E-state index in [1.165, 1.54) is 5.56 Å². The molecule has 94 valence electrons. The smallest absolute Gasteiger partial charge is 0.127 e. The largest absolute Gasteiger partial charge is 0.493 e. The van der Waals surface area contributed by atoms with Crippen molar-refractivity contribution in [2.45, 2.75) is 25.8 Å². The van der Waals surface area contributed by atoms with Crippen LogP contribution in [0.1, 0.15) is 34.9 Å². The lowest BCUT2D eigenvalue weighted by Crippen LogP contribution is -2.17. The highest BCUT2D eigenvalue weighted by atomic mass is 16.5. The maximum absolute atomic E-state index is 6.35. The van der Waals surface area contributed by atoms with Gasteiger partial charge in [-0.05, 0) is 31.4 Å². The Labute approximate surface area is 107 Å². The molecule has 0 aliphatic carbocycles. The summed E-state index contributed by atoms with van der Waals surface area (Å²) >= 11 is 0. The molecular formula is C15H17NO2. The van der Waals surface area contributed by atoms with Crippen LogP contribution in [0.4, 0.5) is 0 Å². The van der Waals surface area contributed by atoms with Gasteiger partial charge in [-0.2, -0.15) is 0 Å². The van der Waals surface area contributed by atoms with E-state index in [-0.39, 0.29) is 6.04 Å². The lowest BCUT2D eigenvalue weighted by molar-refractivity contribution is 0.284. The summed E-state index contributed by atoms with van der Waals surface area (Å²) < 4.78 is 11.1. The number of aryl methyl sites for hydroxylation is 2. The van der Waals surface area contributed by atoms with Gasteiger partial charge >= 0.3 is 0 Å². The summed E-state index contributed by atoms with van der Waals surface area (Å²) in [5.41, 5.74) is 9.68. The van der Waals surface area contributed by atoms with Crippen molar-refractivity contribution in [3.63, 3.8) is 0 Å².